The van der Waals surface area contributed by atoms with Crippen LogP contribution in [0.15, 0.2) is 11.2 Å². The lowest BCUT2D eigenvalue weighted by atomic mass is 10.1. The molecule has 146 valence electrons. The minimum Gasteiger partial charge on any atom is -0.379 e. The van der Waals surface area contributed by atoms with E-state index < -0.39 is 6.04 Å². The number of imidazole rings is 1. The number of nitrogens with zero attached hydrogens (tertiary/aromatic N) is 6. The molecule has 3 aliphatic heterocycles. The highest BCUT2D eigenvalue weighted by molar-refractivity contribution is 6.19. The summed E-state index contributed by atoms with van der Waals surface area (Å²) in [5.74, 6) is 1.08. The van der Waals surface area contributed by atoms with Gasteiger partial charge < -0.3 is 4.74 Å². The normalized spacial score (nSPS) is 22.9. The van der Waals surface area contributed by atoms with E-state index in [1.54, 1.807) is 7.05 Å². The molecule has 4 rings (SSSR count). The van der Waals surface area contributed by atoms with Crippen molar-refractivity contribution in [3.8, 4) is 0 Å². The zero-order valence-corrected chi connectivity index (χ0v) is 16.2. The Labute approximate surface area is 158 Å². The van der Waals surface area contributed by atoms with Gasteiger partial charge in [0.25, 0.3) is 5.91 Å². The molecule has 9 heteroatoms. The quantitative estimate of drug-likeness (QED) is 0.694. The van der Waals surface area contributed by atoms with E-state index in [1.807, 2.05) is 24.6 Å². The standard InChI is InChI=1S/C18H27N6O3/c1-4-5-23-16(25)14-15(20(3)18(23)26)19-17-22(13(2)12-24(14)17)7-6-21-8-10-27-11-9-21/h12,14H,4-11H2,1-3H3/q+1. The van der Waals surface area contributed by atoms with E-state index in [9.17, 15) is 9.59 Å². The number of ether oxygens (including phenoxy) is 1. The summed E-state index contributed by atoms with van der Waals surface area (Å²) >= 11 is 0. The fraction of sp³-hybridized carbons (Fsp3) is 0.667. The molecule has 3 aliphatic rings. The molecular weight excluding hydrogens is 348 g/mol. The first-order valence-corrected chi connectivity index (χ1v) is 9.62. The smallest absolute Gasteiger partial charge is 0.379 e. The number of aromatic nitrogens is 2. The lowest BCUT2D eigenvalue weighted by Gasteiger charge is -2.32. The van der Waals surface area contributed by atoms with Crippen LogP contribution in [-0.4, -0.2) is 83.5 Å². The van der Waals surface area contributed by atoms with Gasteiger partial charge in [0, 0.05) is 33.2 Å². The molecule has 2 saturated heterocycles. The maximum atomic E-state index is 13.0. The van der Waals surface area contributed by atoms with Crippen LogP contribution >= 0.6 is 0 Å². The minimum absolute atomic E-state index is 0.187. The number of hydrogen-bond acceptors (Lipinski definition) is 5. The van der Waals surface area contributed by atoms with Gasteiger partial charge in [0.2, 0.25) is 11.9 Å². The Morgan fingerprint density at radius 3 is 2.67 bits per heavy atom. The van der Waals surface area contributed by atoms with Crippen molar-refractivity contribution in [2.45, 2.75) is 32.9 Å². The average Bonchev–Trinajstić information content (AvgIpc) is 3.17. The third-order valence-corrected chi connectivity index (χ3v) is 5.51. The number of morpholine rings is 1. The van der Waals surface area contributed by atoms with Gasteiger partial charge in [0.15, 0.2) is 0 Å². The minimum atomic E-state index is -0.544. The van der Waals surface area contributed by atoms with Gasteiger partial charge in [-0.1, -0.05) is 11.9 Å². The summed E-state index contributed by atoms with van der Waals surface area (Å²) in [4.78, 5) is 35.4. The van der Waals surface area contributed by atoms with Crippen LogP contribution in [0.1, 0.15) is 25.1 Å². The van der Waals surface area contributed by atoms with Crippen LogP contribution in [0.2, 0.25) is 0 Å². The molecule has 1 aromatic heterocycles. The zero-order valence-electron chi connectivity index (χ0n) is 16.2. The van der Waals surface area contributed by atoms with Crippen LogP contribution in [0, 0.1) is 6.92 Å². The van der Waals surface area contributed by atoms with E-state index in [1.165, 1.54) is 9.80 Å². The van der Waals surface area contributed by atoms with Crippen molar-refractivity contribution in [1.29, 1.82) is 0 Å². The Bertz CT molecular complexity index is 795. The number of amides is 3. The predicted molar refractivity (Wildman–Crippen MR) is 97.9 cm³/mol. The van der Waals surface area contributed by atoms with Crippen LogP contribution in [0.5, 0.6) is 0 Å². The highest BCUT2D eigenvalue weighted by atomic mass is 16.5. The largest absolute Gasteiger partial charge is 0.401 e. The number of fused-ring (bicyclic) bond motifs is 3. The molecule has 1 atom stereocenters. The van der Waals surface area contributed by atoms with E-state index in [0.717, 1.165) is 57.5 Å². The van der Waals surface area contributed by atoms with Crippen molar-refractivity contribution in [1.82, 2.24) is 19.3 Å². The molecule has 2 fully saturated rings. The number of hydrogen-bond donors (Lipinski definition) is 0. The maximum Gasteiger partial charge on any atom is 0.401 e. The van der Waals surface area contributed by atoms with Crippen molar-refractivity contribution in [2.24, 2.45) is 4.99 Å². The summed E-state index contributed by atoms with van der Waals surface area (Å²) in [7, 11) is 1.70. The number of carbonyl (C=O) groups is 2. The number of urea groups is 1. The first-order chi connectivity index (χ1) is 13.0. The number of likely N-dealkylation sites (N-methyl/N-ethyl adjacent to an activating group) is 1. The van der Waals surface area contributed by atoms with Gasteiger partial charge in [-0.3, -0.25) is 19.5 Å². The van der Waals surface area contributed by atoms with Gasteiger partial charge in [-0.15, -0.1) is 0 Å². The Morgan fingerprint density at radius 2 is 1.96 bits per heavy atom. The van der Waals surface area contributed by atoms with Crippen molar-refractivity contribution >= 4 is 23.7 Å². The highest BCUT2D eigenvalue weighted by Crippen LogP contribution is 2.29. The molecule has 0 saturated carbocycles. The van der Waals surface area contributed by atoms with E-state index in [0.29, 0.717) is 12.4 Å². The van der Waals surface area contributed by atoms with E-state index in [4.69, 9.17) is 9.73 Å². The van der Waals surface area contributed by atoms with Crippen LogP contribution in [0.3, 0.4) is 0 Å². The summed E-state index contributed by atoms with van der Waals surface area (Å²) in [6.45, 7) is 9.55. The first-order valence-electron chi connectivity index (χ1n) is 9.62. The summed E-state index contributed by atoms with van der Waals surface area (Å²) < 4.78 is 9.46. The van der Waals surface area contributed by atoms with Gasteiger partial charge in [0.1, 0.15) is 11.9 Å². The molecule has 3 amide bonds. The number of carbonyl (C=O) groups excluding carboxylic acids is 2. The maximum absolute atomic E-state index is 13.0. The molecule has 0 aliphatic carbocycles. The van der Waals surface area contributed by atoms with Crippen molar-refractivity contribution < 1.29 is 18.9 Å². The summed E-state index contributed by atoms with van der Waals surface area (Å²) in [5, 5.41) is 0. The topological polar surface area (TPSA) is 74.3 Å². The Hall–Kier alpha value is -2.26. The fourth-order valence-electron chi connectivity index (χ4n) is 4.00. The molecule has 0 N–H and O–H groups in total. The van der Waals surface area contributed by atoms with Crippen LogP contribution < -0.4 is 4.57 Å². The van der Waals surface area contributed by atoms with Crippen LogP contribution in [-0.2, 0) is 16.1 Å². The lowest BCUT2D eigenvalue weighted by Crippen LogP contribution is -2.62. The number of aryl methyl sites for hydroxylation is 1. The molecule has 0 spiro atoms. The zero-order chi connectivity index (χ0) is 19.1. The molecule has 1 aromatic rings. The van der Waals surface area contributed by atoms with Gasteiger partial charge in [-0.25, -0.2) is 13.9 Å². The van der Waals surface area contributed by atoms with E-state index in [-0.39, 0.29) is 11.9 Å². The van der Waals surface area contributed by atoms with E-state index >= 15 is 0 Å². The first kappa shape index (κ1) is 18.1. The molecule has 9 nitrogen and oxygen atoms in total. The molecule has 27 heavy (non-hydrogen) atoms. The van der Waals surface area contributed by atoms with Crippen LogP contribution in [0.25, 0.3) is 0 Å². The van der Waals surface area contributed by atoms with Crippen molar-refractivity contribution in [3.05, 3.63) is 11.9 Å². The number of aliphatic imine (C=N–C) groups is 1. The Morgan fingerprint density at radius 1 is 1.22 bits per heavy atom. The van der Waals surface area contributed by atoms with Crippen molar-refractivity contribution in [2.75, 3.05) is 46.4 Å². The Balaban J connectivity index is 1.61. The number of imide groups is 1. The molecule has 0 aromatic carbocycles. The van der Waals surface area contributed by atoms with Crippen LogP contribution in [0.4, 0.5) is 10.7 Å². The van der Waals surface area contributed by atoms with Crippen molar-refractivity contribution in [3.63, 3.8) is 0 Å². The molecule has 0 radical (unpaired) electrons. The number of amidine groups is 1. The number of rotatable bonds is 5. The molecule has 1 unspecified atom stereocenters. The molecular formula is C18H27N6O3+. The summed E-state index contributed by atoms with van der Waals surface area (Å²) in [6.07, 6.45) is 2.71. The second kappa shape index (κ2) is 7.05. The second-order valence-corrected chi connectivity index (χ2v) is 7.29. The van der Waals surface area contributed by atoms with E-state index in [2.05, 4.69) is 9.47 Å². The van der Waals surface area contributed by atoms with Gasteiger partial charge in [-0.2, -0.15) is 0 Å². The Kier molecular flexibility index (Phi) is 4.73. The monoisotopic (exact) mass is 375 g/mol. The lowest BCUT2D eigenvalue weighted by molar-refractivity contribution is -0.677. The second-order valence-electron chi connectivity index (χ2n) is 7.29. The predicted octanol–water partition coefficient (Wildman–Crippen LogP) is 0.305. The summed E-state index contributed by atoms with van der Waals surface area (Å²) in [6, 6.07) is -0.836. The van der Waals surface area contributed by atoms with Gasteiger partial charge in [-0.05, 0) is 13.3 Å². The van der Waals surface area contributed by atoms with Gasteiger partial charge >= 0.3 is 12.0 Å². The SMILES string of the molecule is CCCN1C(=O)C2C(=Nc3n(CCN4CCOCC4)c(C)c[n+]32)N(C)C1=O. The molecule has 4 heterocycles. The van der Waals surface area contributed by atoms with Gasteiger partial charge in [0.05, 0.1) is 19.8 Å². The highest BCUT2D eigenvalue weighted by Gasteiger charge is 2.52. The summed E-state index contributed by atoms with van der Waals surface area (Å²) in [5.41, 5.74) is 1.07. The average molecular weight is 375 g/mol. The third-order valence-electron chi connectivity index (χ3n) is 5.51. The fourth-order valence-corrected chi connectivity index (χ4v) is 4.00. The molecule has 0 bridgehead atoms. The third kappa shape index (κ3) is 2.94.